The van der Waals surface area contributed by atoms with Crippen LogP contribution < -0.4 is 0 Å². The number of phenolic OH excluding ortho intramolecular Hbond substituents is 4. The van der Waals surface area contributed by atoms with Crippen molar-refractivity contribution in [1.29, 1.82) is 0 Å². The van der Waals surface area contributed by atoms with Crippen molar-refractivity contribution in [1.82, 2.24) is 0 Å². The fourth-order valence-electron chi connectivity index (χ4n) is 6.22. The third-order valence-corrected chi connectivity index (χ3v) is 9.34. The molecule has 3 aliphatic heterocycles. The van der Waals surface area contributed by atoms with Crippen molar-refractivity contribution in [3.05, 3.63) is 53.6 Å². The average molecular weight is 771 g/mol. The molecule has 5 rings (SSSR count). The van der Waals surface area contributed by atoms with Gasteiger partial charge in [0.2, 0.25) is 0 Å². The Labute approximate surface area is 308 Å². The van der Waals surface area contributed by atoms with Crippen LogP contribution in [0.25, 0.3) is 6.08 Å². The zero-order valence-corrected chi connectivity index (χ0v) is 29.1. The molecule has 2 aromatic carbocycles. The van der Waals surface area contributed by atoms with Gasteiger partial charge in [-0.1, -0.05) is 12.1 Å². The van der Waals surface area contributed by atoms with Crippen LogP contribution in [0.4, 0.5) is 0 Å². The molecule has 0 unspecified atom stereocenters. The number of hydrogen-bond donors (Lipinski definition) is 11. The Hall–Kier alpha value is -3.67. The summed E-state index contributed by atoms with van der Waals surface area (Å²) in [6.07, 6.45) is -20.9. The lowest BCUT2D eigenvalue weighted by atomic mass is 9.96. The Morgan fingerprint density at radius 1 is 0.667 bits per heavy atom. The molecule has 0 aliphatic carbocycles. The number of rotatable bonds is 12. The number of phenols is 4. The first-order valence-electron chi connectivity index (χ1n) is 17.1. The van der Waals surface area contributed by atoms with Gasteiger partial charge in [-0.05, 0) is 61.7 Å². The number of ether oxygens (including phenoxy) is 7. The lowest BCUT2D eigenvalue weighted by molar-refractivity contribution is -0.375. The second kappa shape index (κ2) is 17.9. The van der Waals surface area contributed by atoms with Gasteiger partial charge in [0, 0.05) is 6.08 Å². The number of benzene rings is 2. The maximum absolute atomic E-state index is 13.0. The highest BCUT2D eigenvalue weighted by atomic mass is 16.8. The van der Waals surface area contributed by atoms with Gasteiger partial charge in [-0.15, -0.1) is 0 Å². The van der Waals surface area contributed by atoms with E-state index in [2.05, 4.69) is 0 Å². The van der Waals surface area contributed by atoms with Crippen LogP contribution in [0.5, 0.6) is 23.0 Å². The van der Waals surface area contributed by atoms with Gasteiger partial charge in [-0.2, -0.15) is 0 Å². The first-order valence-corrected chi connectivity index (χ1v) is 17.1. The lowest BCUT2D eigenvalue weighted by Crippen LogP contribution is -2.66. The normalized spacial score (nSPS) is 37.3. The molecule has 0 saturated carbocycles. The topological polar surface area (TPSA) is 304 Å². The van der Waals surface area contributed by atoms with Crippen molar-refractivity contribution >= 4 is 12.0 Å². The van der Waals surface area contributed by atoms with Crippen LogP contribution in [0, 0.1) is 0 Å². The first-order chi connectivity index (χ1) is 25.6. The van der Waals surface area contributed by atoms with E-state index in [-0.39, 0.29) is 30.3 Å². The summed E-state index contributed by atoms with van der Waals surface area (Å²) in [4.78, 5) is 13.0. The zero-order chi connectivity index (χ0) is 39.4. The number of aliphatic hydroxyl groups is 7. The zero-order valence-electron chi connectivity index (χ0n) is 29.1. The maximum Gasteiger partial charge on any atom is 0.331 e. The van der Waals surface area contributed by atoms with E-state index >= 15 is 0 Å². The van der Waals surface area contributed by atoms with E-state index in [4.69, 9.17) is 33.2 Å². The van der Waals surface area contributed by atoms with Gasteiger partial charge >= 0.3 is 5.97 Å². The molecule has 3 aliphatic rings. The Kier molecular flexibility index (Phi) is 13.7. The van der Waals surface area contributed by atoms with Gasteiger partial charge in [-0.25, -0.2) is 4.79 Å². The molecule has 0 bridgehead atoms. The SMILES string of the molecule is C[C@@H]1O[C@@H](O[C@H]2[C@H](O)[C@@H](OCCc3ccc(O)c(O)c3)O[C@@H](CO)[C@@H]2OC(=O)/C=C\c2ccc(O)c(O)c2)[C@H](O)[C@H](O)[C@@H]1O[C@@H]1O[C@H](C)[C@H](O)[C@@H](O)[C@H]1O. The van der Waals surface area contributed by atoms with Crippen LogP contribution in [0.15, 0.2) is 42.5 Å². The van der Waals surface area contributed by atoms with Gasteiger partial charge in [0.25, 0.3) is 0 Å². The highest BCUT2D eigenvalue weighted by Gasteiger charge is 2.54. The first kappa shape index (κ1) is 41.5. The van der Waals surface area contributed by atoms with E-state index in [1.807, 2.05) is 0 Å². The Morgan fingerprint density at radius 2 is 1.28 bits per heavy atom. The molecule has 0 amide bonds. The Morgan fingerprint density at radius 3 is 1.93 bits per heavy atom. The number of aromatic hydroxyl groups is 4. The van der Waals surface area contributed by atoms with Crippen molar-refractivity contribution < 1.29 is 94.1 Å². The summed E-state index contributed by atoms with van der Waals surface area (Å²) in [6.45, 7) is 1.93. The number of carbonyl (C=O) groups is 1. The molecule has 11 N–H and O–H groups in total. The highest BCUT2D eigenvalue weighted by Crippen LogP contribution is 2.34. The molecule has 3 fully saturated rings. The van der Waals surface area contributed by atoms with E-state index < -0.39 is 110 Å². The van der Waals surface area contributed by atoms with Crippen LogP contribution in [0.1, 0.15) is 25.0 Å². The van der Waals surface area contributed by atoms with E-state index in [9.17, 15) is 61.0 Å². The summed E-state index contributed by atoms with van der Waals surface area (Å²) < 4.78 is 40.0. The molecule has 2 aromatic rings. The van der Waals surface area contributed by atoms with Crippen molar-refractivity contribution in [2.24, 2.45) is 0 Å². The second-order valence-corrected chi connectivity index (χ2v) is 13.2. The highest BCUT2D eigenvalue weighted by molar-refractivity contribution is 5.87. The van der Waals surface area contributed by atoms with E-state index in [0.29, 0.717) is 11.1 Å². The summed E-state index contributed by atoms with van der Waals surface area (Å²) >= 11 is 0. The summed E-state index contributed by atoms with van der Waals surface area (Å²) in [6, 6.07) is 7.88. The molecule has 0 aromatic heterocycles. The summed E-state index contributed by atoms with van der Waals surface area (Å²) in [7, 11) is 0. The van der Waals surface area contributed by atoms with E-state index in [1.54, 1.807) is 0 Å². The maximum atomic E-state index is 13.0. The molecule has 300 valence electrons. The fourth-order valence-corrected chi connectivity index (χ4v) is 6.22. The van der Waals surface area contributed by atoms with Crippen LogP contribution in [0.2, 0.25) is 0 Å². The number of aliphatic hydroxyl groups excluding tert-OH is 7. The average Bonchev–Trinajstić information content (AvgIpc) is 3.14. The predicted octanol–water partition coefficient (Wildman–Crippen LogP) is -2.16. The summed E-state index contributed by atoms with van der Waals surface area (Å²) in [5, 5.41) is 113. The van der Waals surface area contributed by atoms with E-state index in [0.717, 1.165) is 6.08 Å². The second-order valence-electron chi connectivity index (χ2n) is 13.2. The van der Waals surface area contributed by atoms with Crippen molar-refractivity contribution in [2.45, 2.75) is 112 Å². The Balaban J connectivity index is 1.33. The molecule has 3 heterocycles. The van der Waals surface area contributed by atoms with Gasteiger partial charge in [0.1, 0.15) is 54.9 Å². The number of hydrogen-bond acceptors (Lipinski definition) is 19. The molecule has 0 radical (unpaired) electrons. The van der Waals surface area contributed by atoms with Crippen molar-refractivity contribution in [3.63, 3.8) is 0 Å². The largest absolute Gasteiger partial charge is 0.504 e. The van der Waals surface area contributed by atoms with Crippen molar-refractivity contribution in [3.8, 4) is 23.0 Å². The molecule has 3 saturated heterocycles. The third kappa shape index (κ3) is 9.40. The molecular weight excluding hydrogens is 724 g/mol. The van der Waals surface area contributed by atoms with Gasteiger partial charge in [0.15, 0.2) is 48.0 Å². The van der Waals surface area contributed by atoms with Crippen LogP contribution in [-0.2, 0) is 44.4 Å². The lowest BCUT2D eigenvalue weighted by Gasteiger charge is -2.48. The summed E-state index contributed by atoms with van der Waals surface area (Å²) in [5.74, 6) is -2.55. The van der Waals surface area contributed by atoms with Gasteiger partial charge in [0.05, 0.1) is 25.4 Å². The molecule has 19 nitrogen and oxygen atoms in total. The minimum atomic E-state index is -1.91. The Bertz CT molecular complexity index is 1590. The van der Waals surface area contributed by atoms with Crippen LogP contribution >= 0.6 is 0 Å². The molecule has 19 heteroatoms. The fraction of sp³-hybridized carbons (Fsp3) is 0.571. The standard InChI is InChI=1S/C35H46O19/c1-14-24(42)25(43)27(45)34(49-14)53-30-15(2)50-35(28(46)26(30)44)54-32-29(47)33(48-10-9-17-4-7-19(38)21(40)12-17)51-22(13-36)31(32)52-23(41)8-5-16-3-6-18(37)20(39)11-16/h3-8,11-12,14-15,22,24-40,42-47H,9-10,13H2,1-2H3/b8-5-/t14-,15+,22+,24+,25-,26+,27-,28-,29+,30-,31+,32+,33+,34+,35+/m1/s1. The monoisotopic (exact) mass is 770 g/mol. The van der Waals surface area contributed by atoms with Crippen molar-refractivity contribution in [2.75, 3.05) is 13.2 Å². The minimum Gasteiger partial charge on any atom is -0.504 e. The molecular formula is C35H46O19. The smallest absolute Gasteiger partial charge is 0.331 e. The predicted molar refractivity (Wildman–Crippen MR) is 178 cm³/mol. The third-order valence-electron chi connectivity index (χ3n) is 9.34. The van der Waals surface area contributed by atoms with Gasteiger partial charge in [-0.3, -0.25) is 0 Å². The van der Waals surface area contributed by atoms with Crippen LogP contribution in [0.3, 0.4) is 0 Å². The number of esters is 1. The van der Waals surface area contributed by atoms with Gasteiger partial charge < -0.3 is 89.3 Å². The summed E-state index contributed by atoms with van der Waals surface area (Å²) in [5.41, 5.74) is 0.848. The van der Waals surface area contributed by atoms with Crippen LogP contribution in [-0.4, -0.2) is 167 Å². The number of carbonyl (C=O) groups excluding carboxylic acids is 1. The molecule has 0 spiro atoms. The quantitative estimate of drug-likeness (QED) is 0.0622. The minimum absolute atomic E-state index is 0.125. The van der Waals surface area contributed by atoms with E-state index in [1.165, 1.54) is 56.3 Å². The molecule has 54 heavy (non-hydrogen) atoms. The molecule has 15 atom stereocenters.